The fourth-order valence-corrected chi connectivity index (χ4v) is 4.35. The molecule has 0 spiro atoms. The van der Waals surface area contributed by atoms with E-state index >= 15 is 0 Å². The van der Waals surface area contributed by atoms with Gasteiger partial charge in [-0.15, -0.1) is 0 Å². The number of amides is 3. The lowest BCUT2D eigenvalue weighted by molar-refractivity contribution is -0.119. The first-order valence-corrected chi connectivity index (χ1v) is 11.4. The van der Waals surface area contributed by atoms with Crippen LogP contribution in [0.25, 0.3) is 0 Å². The number of nitrogens with one attached hydrogen (secondary N) is 1. The fraction of sp³-hybridized carbons (Fsp3) is 0.440. The maximum Gasteiger partial charge on any atom is 0.321 e. The second-order valence-electron chi connectivity index (χ2n) is 8.38. The Labute approximate surface area is 189 Å². The van der Waals surface area contributed by atoms with E-state index < -0.39 is 0 Å². The Morgan fingerprint density at radius 1 is 1.00 bits per heavy atom. The Morgan fingerprint density at radius 3 is 2.50 bits per heavy atom. The van der Waals surface area contributed by atoms with Crippen molar-refractivity contribution in [1.29, 1.82) is 0 Å². The molecule has 0 aliphatic carbocycles. The summed E-state index contributed by atoms with van der Waals surface area (Å²) in [5.41, 5.74) is 2.74. The highest BCUT2D eigenvalue weighted by molar-refractivity contribution is 5.97. The number of carbonyl (C=O) groups excluding carboxylic acids is 2. The smallest absolute Gasteiger partial charge is 0.321 e. The number of piperidine rings is 1. The standard InChI is InChI=1S/C25H32N4O3/c1-32-23-11-10-21(19-22(23)29-13-6-5-9-24(29)30)26-25(31)28-17-15-27(16-18-28)14-12-20-7-3-2-4-8-20/h2-4,7-8,10-11,19H,5-6,9,12-18H2,1H3,(H,26,31). The number of methoxy groups -OCH3 is 1. The molecule has 2 saturated heterocycles. The van der Waals surface area contributed by atoms with Crippen LogP contribution in [0.5, 0.6) is 5.75 Å². The van der Waals surface area contributed by atoms with E-state index in [-0.39, 0.29) is 11.9 Å². The summed E-state index contributed by atoms with van der Waals surface area (Å²) in [7, 11) is 1.60. The Morgan fingerprint density at radius 2 is 1.78 bits per heavy atom. The summed E-state index contributed by atoms with van der Waals surface area (Å²) in [6, 6.07) is 15.9. The molecule has 0 atom stereocenters. The minimum absolute atomic E-state index is 0.102. The lowest BCUT2D eigenvalue weighted by atomic mass is 10.1. The third kappa shape index (κ3) is 5.40. The van der Waals surface area contributed by atoms with Gasteiger partial charge in [-0.3, -0.25) is 9.69 Å². The molecule has 0 bridgehead atoms. The number of nitrogens with zero attached hydrogens (tertiary/aromatic N) is 3. The molecule has 0 radical (unpaired) electrons. The van der Waals surface area contributed by atoms with Crippen LogP contribution >= 0.6 is 0 Å². The second-order valence-corrected chi connectivity index (χ2v) is 8.38. The number of ether oxygens (including phenoxy) is 1. The summed E-state index contributed by atoms with van der Waals surface area (Å²) in [4.78, 5) is 31.3. The van der Waals surface area contributed by atoms with Crippen LogP contribution in [0.15, 0.2) is 48.5 Å². The minimum Gasteiger partial charge on any atom is -0.495 e. The summed E-state index contributed by atoms with van der Waals surface area (Å²) in [5.74, 6) is 0.745. The van der Waals surface area contributed by atoms with Crippen molar-refractivity contribution in [1.82, 2.24) is 9.80 Å². The van der Waals surface area contributed by atoms with Crippen molar-refractivity contribution in [3.8, 4) is 5.75 Å². The summed E-state index contributed by atoms with van der Waals surface area (Å²) >= 11 is 0. The summed E-state index contributed by atoms with van der Waals surface area (Å²) in [6.45, 7) is 4.83. The number of hydrogen-bond acceptors (Lipinski definition) is 4. The summed E-state index contributed by atoms with van der Waals surface area (Å²) in [5, 5.41) is 3.00. The predicted octanol–water partition coefficient (Wildman–Crippen LogP) is 3.60. The molecule has 3 amide bonds. The van der Waals surface area contributed by atoms with Gasteiger partial charge in [-0.2, -0.15) is 0 Å². The molecule has 2 aromatic carbocycles. The van der Waals surface area contributed by atoms with E-state index in [0.29, 0.717) is 37.5 Å². The lowest BCUT2D eigenvalue weighted by Gasteiger charge is -2.34. The highest BCUT2D eigenvalue weighted by Crippen LogP contribution is 2.33. The van der Waals surface area contributed by atoms with Crippen molar-refractivity contribution in [2.24, 2.45) is 0 Å². The van der Waals surface area contributed by atoms with Crippen LogP contribution in [0.2, 0.25) is 0 Å². The van der Waals surface area contributed by atoms with Gasteiger partial charge in [0.15, 0.2) is 0 Å². The average molecular weight is 437 g/mol. The largest absolute Gasteiger partial charge is 0.495 e. The third-order valence-electron chi connectivity index (χ3n) is 6.26. The van der Waals surface area contributed by atoms with Crippen molar-refractivity contribution in [3.05, 3.63) is 54.1 Å². The quantitative estimate of drug-likeness (QED) is 0.752. The normalized spacial score (nSPS) is 17.3. The average Bonchev–Trinajstić information content (AvgIpc) is 2.84. The van der Waals surface area contributed by atoms with Crippen molar-refractivity contribution in [3.63, 3.8) is 0 Å². The van der Waals surface area contributed by atoms with Crippen LogP contribution in [0, 0.1) is 0 Å². The molecule has 2 fully saturated rings. The summed E-state index contributed by atoms with van der Waals surface area (Å²) in [6.07, 6.45) is 3.47. The van der Waals surface area contributed by atoms with E-state index in [0.717, 1.165) is 44.6 Å². The summed E-state index contributed by atoms with van der Waals surface area (Å²) < 4.78 is 5.47. The fourth-order valence-electron chi connectivity index (χ4n) is 4.35. The molecule has 2 heterocycles. The maximum atomic E-state index is 12.8. The zero-order chi connectivity index (χ0) is 22.3. The number of hydrogen-bond donors (Lipinski definition) is 1. The van der Waals surface area contributed by atoms with Crippen LogP contribution in [-0.4, -0.2) is 68.1 Å². The molecule has 32 heavy (non-hydrogen) atoms. The van der Waals surface area contributed by atoms with Crippen LogP contribution in [0.4, 0.5) is 16.2 Å². The van der Waals surface area contributed by atoms with Crippen LogP contribution < -0.4 is 15.0 Å². The Hall–Kier alpha value is -3.06. The van der Waals surface area contributed by atoms with Crippen molar-refractivity contribution in [2.45, 2.75) is 25.7 Å². The first-order valence-electron chi connectivity index (χ1n) is 11.4. The van der Waals surface area contributed by atoms with Gasteiger partial charge in [0.2, 0.25) is 5.91 Å². The molecule has 2 aliphatic heterocycles. The maximum absolute atomic E-state index is 12.8. The van der Waals surface area contributed by atoms with Gasteiger partial charge >= 0.3 is 6.03 Å². The zero-order valence-corrected chi connectivity index (χ0v) is 18.8. The molecule has 4 rings (SSSR count). The van der Waals surface area contributed by atoms with Gasteiger partial charge in [0.1, 0.15) is 5.75 Å². The Kier molecular flexibility index (Phi) is 7.27. The molecule has 7 heteroatoms. The molecular formula is C25H32N4O3. The number of benzene rings is 2. The van der Waals surface area contributed by atoms with E-state index in [1.165, 1.54) is 5.56 Å². The van der Waals surface area contributed by atoms with E-state index in [1.807, 2.05) is 29.2 Å². The molecular weight excluding hydrogens is 404 g/mol. The topological polar surface area (TPSA) is 65.1 Å². The Balaban J connectivity index is 1.32. The van der Waals surface area contributed by atoms with Gasteiger partial charge in [0.25, 0.3) is 0 Å². The van der Waals surface area contributed by atoms with Gasteiger partial charge in [0, 0.05) is 51.4 Å². The molecule has 2 aromatic rings. The van der Waals surface area contributed by atoms with Gasteiger partial charge < -0.3 is 19.9 Å². The third-order valence-corrected chi connectivity index (χ3v) is 6.26. The molecule has 2 aliphatic rings. The number of piperazine rings is 1. The van der Waals surface area contributed by atoms with Crippen LogP contribution in [-0.2, 0) is 11.2 Å². The van der Waals surface area contributed by atoms with Crippen LogP contribution in [0.3, 0.4) is 0 Å². The van der Waals surface area contributed by atoms with Gasteiger partial charge in [-0.1, -0.05) is 30.3 Å². The molecule has 0 aromatic heterocycles. The molecule has 170 valence electrons. The van der Waals surface area contributed by atoms with Crippen LogP contribution in [0.1, 0.15) is 24.8 Å². The van der Waals surface area contributed by atoms with E-state index in [9.17, 15) is 9.59 Å². The van der Waals surface area contributed by atoms with Crippen molar-refractivity contribution >= 4 is 23.3 Å². The van der Waals surface area contributed by atoms with Crippen molar-refractivity contribution in [2.75, 3.05) is 56.6 Å². The van der Waals surface area contributed by atoms with E-state index in [2.05, 4.69) is 34.5 Å². The monoisotopic (exact) mass is 436 g/mol. The van der Waals surface area contributed by atoms with E-state index in [4.69, 9.17) is 4.74 Å². The SMILES string of the molecule is COc1ccc(NC(=O)N2CCN(CCc3ccccc3)CC2)cc1N1CCCCC1=O. The zero-order valence-electron chi connectivity index (χ0n) is 18.8. The number of anilines is 2. The first kappa shape index (κ1) is 22.1. The molecule has 0 saturated carbocycles. The first-order chi connectivity index (χ1) is 15.6. The van der Waals surface area contributed by atoms with Crippen molar-refractivity contribution < 1.29 is 14.3 Å². The molecule has 0 unspecified atom stereocenters. The van der Waals surface area contributed by atoms with Gasteiger partial charge in [0.05, 0.1) is 12.8 Å². The van der Waals surface area contributed by atoms with Gasteiger partial charge in [-0.25, -0.2) is 4.79 Å². The van der Waals surface area contributed by atoms with E-state index in [1.54, 1.807) is 12.0 Å². The predicted molar refractivity (Wildman–Crippen MR) is 126 cm³/mol. The van der Waals surface area contributed by atoms with Gasteiger partial charge in [-0.05, 0) is 43.0 Å². The minimum atomic E-state index is -0.103. The number of rotatable bonds is 6. The number of carbonyl (C=O) groups is 2. The highest BCUT2D eigenvalue weighted by Gasteiger charge is 2.24. The number of urea groups is 1. The lowest BCUT2D eigenvalue weighted by Crippen LogP contribution is -2.50. The molecule has 7 nitrogen and oxygen atoms in total. The highest BCUT2D eigenvalue weighted by atomic mass is 16.5. The Bertz CT molecular complexity index is 926. The second kappa shape index (κ2) is 10.5. The molecule has 1 N–H and O–H groups in total.